The first-order valence-electron chi connectivity index (χ1n) is 12.4. The summed E-state index contributed by atoms with van der Waals surface area (Å²) < 4.78 is 0. The molecular formula is C25H34N2O5. The maximum atomic E-state index is 12.1. The van der Waals surface area contributed by atoms with Crippen LogP contribution >= 0.6 is 0 Å². The van der Waals surface area contributed by atoms with E-state index in [1.165, 1.54) is 37.7 Å². The van der Waals surface area contributed by atoms with Crippen molar-refractivity contribution in [2.24, 2.45) is 29.4 Å². The molecule has 1 amide bonds. The fourth-order valence-electron chi connectivity index (χ4n) is 7.18. The Balaban J connectivity index is 1.06. The summed E-state index contributed by atoms with van der Waals surface area (Å²) in [5, 5.41) is 2.81. The van der Waals surface area contributed by atoms with Gasteiger partial charge in [-0.15, -0.1) is 0 Å². The van der Waals surface area contributed by atoms with Crippen LogP contribution in [0.2, 0.25) is 0 Å². The van der Waals surface area contributed by atoms with Crippen LogP contribution in [0, 0.1) is 23.7 Å². The highest BCUT2D eigenvalue weighted by molar-refractivity contribution is 5.94. The number of carbonyl (C=O) groups is 1. The summed E-state index contributed by atoms with van der Waals surface area (Å²) in [7, 11) is 0. The average molecular weight is 443 g/mol. The van der Waals surface area contributed by atoms with Crippen molar-refractivity contribution in [3.63, 3.8) is 0 Å². The summed E-state index contributed by atoms with van der Waals surface area (Å²) in [5.74, 6) is 1.31. The molecule has 1 saturated heterocycles. The molecule has 7 nitrogen and oxygen atoms in total. The quantitative estimate of drug-likeness (QED) is 0.690. The molecule has 6 aliphatic rings. The Hall–Kier alpha value is -1.51. The Bertz CT molecular complexity index is 808. The SMILES string of the molecule is NCCNC(=O)c1ccc(C2CCC3(CC2)OOC2(OO3)C3CC4CC(C3)CC2C4)cc1. The lowest BCUT2D eigenvalue weighted by Crippen LogP contribution is -2.64. The van der Waals surface area contributed by atoms with Crippen molar-refractivity contribution in [1.82, 2.24) is 5.32 Å². The second-order valence-electron chi connectivity index (χ2n) is 10.7. The number of carbonyl (C=O) groups excluding carboxylic acids is 1. The van der Waals surface area contributed by atoms with Gasteiger partial charge < -0.3 is 11.1 Å². The number of rotatable bonds is 4. The standard InChI is InChI=1S/C25H34N2O5/c26-9-10-27-23(28)20-3-1-18(2-4-20)19-5-7-24(8-6-19)29-31-25(32-30-24)21-12-16-11-17(14-21)15-22(25)13-16/h1-4,16-17,19,21-22H,5-15,26H2,(H,27,28). The monoisotopic (exact) mass is 442 g/mol. The molecule has 174 valence electrons. The Morgan fingerprint density at radius 2 is 1.50 bits per heavy atom. The normalized spacial score (nSPS) is 42.5. The zero-order valence-corrected chi connectivity index (χ0v) is 18.6. The molecule has 1 aromatic carbocycles. The maximum Gasteiger partial charge on any atom is 0.251 e. The first-order chi connectivity index (χ1) is 15.6. The van der Waals surface area contributed by atoms with E-state index < -0.39 is 11.6 Å². The first-order valence-corrected chi connectivity index (χ1v) is 12.4. The van der Waals surface area contributed by atoms with E-state index in [1.807, 2.05) is 12.1 Å². The lowest BCUT2D eigenvalue weighted by Gasteiger charge is -2.60. The third-order valence-electron chi connectivity index (χ3n) is 8.75. The Morgan fingerprint density at radius 3 is 2.06 bits per heavy atom. The van der Waals surface area contributed by atoms with Crippen molar-refractivity contribution < 1.29 is 24.3 Å². The summed E-state index contributed by atoms with van der Waals surface area (Å²) >= 11 is 0. The van der Waals surface area contributed by atoms with Crippen molar-refractivity contribution in [2.45, 2.75) is 75.3 Å². The van der Waals surface area contributed by atoms with Crippen LogP contribution in [-0.4, -0.2) is 30.6 Å². The topological polar surface area (TPSA) is 92.0 Å². The molecule has 7 rings (SSSR count). The van der Waals surface area contributed by atoms with E-state index in [0.717, 1.165) is 37.5 Å². The molecule has 32 heavy (non-hydrogen) atoms. The Labute approximate surface area is 189 Å². The summed E-state index contributed by atoms with van der Waals surface area (Å²) in [4.78, 5) is 36.5. The van der Waals surface area contributed by atoms with Gasteiger partial charge in [-0.3, -0.25) is 4.79 Å². The van der Waals surface area contributed by atoms with Crippen LogP contribution < -0.4 is 11.1 Å². The maximum absolute atomic E-state index is 12.1. The third kappa shape index (κ3) is 3.49. The van der Waals surface area contributed by atoms with Gasteiger partial charge >= 0.3 is 0 Å². The zero-order chi connectivity index (χ0) is 21.8. The fraction of sp³-hybridized carbons (Fsp3) is 0.720. The van der Waals surface area contributed by atoms with E-state index in [1.54, 1.807) is 0 Å². The molecular weight excluding hydrogens is 408 g/mol. The highest BCUT2D eigenvalue weighted by Gasteiger charge is 2.64. The predicted molar refractivity (Wildman–Crippen MR) is 116 cm³/mol. The van der Waals surface area contributed by atoms with Crippen LogP contribution in [0.5, 0.6) is 0 Å². The molecule has 0 unspecified atom stereocenters. The van der Waals surface area contributed by atoms with Crippen LogP contribution in [-0.2, 0) is 19.6 Å². The molecule has 3 N–H and O–H groups in total. The smallest absolute Gasteiger partial charge is 0.251 e. The van der Waals surface area contributed by atoms with Gasteiger partial charge in [0.1, 0.15) is 0 Å². The summed E-state index contributed by atoms with van der Waals surface area (Å²) in [6, 6.07) is 7.89. The minimum Gasteiger partial charge on any atom is -0.351 e. The van der Waals surface area contributed by atoms with Gasteiger partial charge in [0, 0.05) is 43.3 Å². The van der Waals surface area contributed by atoms with Gasteiger partial charge in [0.15, 0.2) is 0 Å². The molecule has 1 heterocycles. The van der Waals surface area contributed by atoms with Crippen molar-refractivity contribution in [1.29, 1.82) is 0 Å². The zero-order valence-electron chi connectivity index (χ0n) is 18.6. The van der Waals surface area contributed by atoms with Crippen molar-refractivity contribution in [3.8, 4) is 0 Å². The molecule has 0 atom stereocenters. The summed E-state index contributed by atoms with van der Waals surface area (Å²) in [6.45, 7) is 0.925. The molecule has 1 aliphatic heterocycles. The first kappa shape index (κ1) is 21.1. The summed E-state index contributed by atoms with van der Waals surface area (Å²) in [6.07, 6.45) is 9.40. The second-order valence-corrected chi connectivity index (χ2v) is 10.7. The van der Waals surface area contributed by atoms with E-state index in [2.05, 4.69) is 17.4 Å². The van der Waals surface area contributed by atoms with E-state index in [4.69, 9.17) is 25.3 Å². The Kier molecular flexibility index (Phi) is 5.30. The van der Waals surface area contributed by atoms with E-state index >= 15 is 0 Å². The molecule has 4 bridgehead atoms. The van der Waals surface area contributed by atoms with Gasteiger partial charge in [-0.1, -0.05) is 12.1 Å². The number of amides is 1. The van der Waals surface area contributed by atoms with Crippen LogP contribution in [0.1, 0.15) is 79.6 Å². The lowest BCUT2D eigenvalue weighted by atomic mass is 9.53. The highest BCUT2D eigenvalue weighted by atomic mass is 17.4. The molecule has 5 saturated carbocycles. The van der Waals surface area contributed by atoms with E-state index in [0.29, 0.717) is 36.4 Å². The molecule has 0 aromatic heterocycles. The molecule has 0 radical (unpaired) electrons. The molecule has 5 aliphatic carbocycles. The third-order valence-corrected chi connectivity index (χ3v) is 8.75. The van der Waals surface area contributed by atoms with Crippen molar-refractivity contribution in [3.05, 3.63) is 35.4 Å². The number of benzene rings is 1. The Morgan fingerprint density at radius 1 is 0.906 bits per heavy atom. The molecule has 6 fully saturated rings. The molecule has 2 spiro atoms. The lowest BCUT2D eigenvalue weighted by molar-refractivity contribution is -0.680. The largest absolute Gasteiger partial charge is 0.351 e. The van der Waals surface area contributed by atoms with Gasteiger partial charge in [0.25, 0.3) is 5.91 Å². The van der Waals surface area contributed by atoms with Crippen molar-refractivity contribution >= 4 is 5.91 Å². The second kappa shape index (κ2) is 8.06. The van der Waals surface area contributed by atoms with Crippen molar-refractivity contribution in [2.75, 3.05) is 13.1 Å². The average Bonchev–Trinajstić information content (AvgIpc) is 2.82. The van der Waals surface area contributed by atoms with E-state index in [9.17, 15) is 4.79 Å². The fourth-order valence-corrected chi connectivity index (χ4v) is 7.18. The van der Waals surface area contributed by atoms with Gasteiger partial charge in [-0.2, -0.15) is 19.6 Å². The number of hydrogen-bond acceptors (Lipinski definition) is 6. The van der Waals surface area contributed by atoms with Crippen LogP contribution in [0.15, 0.2) is 24.3 Å². The van der Waals surface area contributed by atoms with Crippen LogP contribution in [0.4, 0.5) is 0 Å². The predicted octanol–water partition coefficient (Wildman–Crippen LogP) is 3.79. The van der Waals surface area contributed by atoms with E-state index in [-0.39, 0.29) is 5.91 Å². The minimum atomic E-state index is -0.793. The number of nitrogens with two attached hydrogens (primary N) is 1. The van der Waals surface area contributed by atoms with Gasteiger partial charge in [0.2, 0.25) is 11.6 Å². The van der Waals surface area contributed by atoms with Gasteiger partial charge in [-0.25, -0.2) is 0 Å². The number of nitrogens with one attached hydrogen (secondary N) is 1. The van der Waals surface area contributed by atoms with Gasteiger partial charge in [0.05, 0.1) is 0 Å². The molecule has 1 aromatic rings. The highest BCUT2D eigenvalue weighted by Crippen LogP contribution is 2.62. The minimum absolute atomic E-state index is 0.0818. The summed E-state index contributed by atoms with van der Waals surface area (Å²) in [5.41, 5.74) is 7.36. The molecule has 7 heteroatoms. The van der Waals surface area contributed by atoms with Crippen LogP contribution in [0.3, 0.4) is 0 Å². The van der Waals surface area contributed by atoms with Crippen LogP contribution in [0.25, 0.3) is 0 Å². The number of hydrogen-bond donors (Lipinski definition) is 2. The van der Waals surface area contributed by atoms with Gasteiger partial charge in [-0.05, 0) is 80.4 Å².